The van der Waals surface area contributed by atoms with Crippen molar-refractivity contribution in [2.75, 3.05) is 5.73 Å². The smallest absolute Gasteiger partial charge is 0.192 e. The highest BCUT2D eigenvalue weighted by atomic mass is 32.2. The second-order valence-electron chi connectivity index (χ2n) is 3.90. The Labute approximate surface area is 104 Å². The van der Waals surface area contributed by atoms with Crippen LogP contribution in [0, 0.1) is 0 Å². The van der Waals surface area contributed by atoms with Crippen molar-refractivity contribution >= 4 is 17.6 Å². The topological polar surface area (TPSA) is 82.5 Å². The minimum atomic E-state index is 0.270. The molecule has 0 radical (unpaired) electrons. The van der Waals surface area contributed by atoms with Crippen LogP contribution in [-0.2, 0) is 7.05 Å². The Bertz CT molecular complexity index is 521. The molecular weight excluding hydrogens is 236 g/mol. The number of nitrogen functional groups attached to an aromatic ring is 1. The minimum Gasteiger partial charge on any atom is -0.383 e. The van der Waals surface area contributed by atoms with Crippen LogP contribution in [0.3, 0.4) is 0 Å². The Morgan fingerprint density at radius 1 is 1.24 bits per heavy atom. The molecule has 0 aromatic carbocycles. The first kappa shape index (κ1) is 11.8. The fourth-order valence-electron chi connectivity index (χ4n) is 1.48. The molecule has 17 heavy (non-hydrogen) atoms. The van der Waals surface area contributed by atoms with Gasteiger partial charge in [0.2, 0.25) is 0 Å². The van der Waals surface area contributed by atoms with Crippen LogP contribution in [0.5, 0.6) is 0 Å². The van der Waals surface area contributed by atoms with Gasteiger partial charge in [-0.15, -0.1) is 0 Å². The van der Waals surface area contributed by atoms with E-state index in [2.05, 4.69) is 33.9 Å². The zero-order chi connectivity index (χ0) is 12.4. The van der Waals surface area contributed by atoms with Gasteiger partial charge in [-0.25, -0.2) is 19.6 Å². The molecule has 0 aliphatic heterocycles. The van der Waals surface area contributed by atoms with Gasteiger partial charge in [0, 0.05) is 12.6 Å². The predicted molar refractivity (Wildman–Crippen MR) is 65.7 cm³/mol. The lowest BCUT2D eigenvalue weighted by Crippen LogP contribution is -2.04. The van der Waals surface area contributed by atoms with Crippen LogP contribution in [0.15, 0.2) is 22.8 Å². The van der Waals surface area contributed by atoms with Gasteiger partial charge >= 0.3 is 0 Å². The molecule has 2 aromatic rings. The molecule has 2 rings (SSSR count). The van der Waals surface area contributed by atoms with E-state index in [1.54, 1.807) is 4.68 Å². The third kappa shape index (κ3) is 2.38. The van der Waals surface area contributed by atoms with Crippen LogP contribution in [0.2, 0.25) is 0 Å². The molecule has 0 spiro atoms. The molecule has 0 aliphatic rings. The molecule has 0 saturated carbocycles. The number of rotatable bonds is 3. The maximum atomic E-state index is 5.88. The van der Waals surface area contributed by atoms with Gasteiger partial charge < -0.3 is 5.73 Å². The number of anilines is 1. The molecule has 90 valence electrons. The Balaban J connectivity index is 2.39. The summed E-state index contributed by atoms with van der Waals surface area (Å²) >= 11 is 1.45. The fraction of sp³-hybridized carbons (Fsp3) is 0.400. The minimum absolute atomic E-state index is 0.270. The summed E-state index contributed by atoms with van der Waals surface area (Å²) in [6.07, 6.45) is 2.99. The Hall–Kier alpha value is -1.63. The van der Waals surface area contributed by atoms with Crippen molar-refractivity contribution in [3.63, 3.8) is 0 Å². The summed E-state index contributed by atoms with van der Waals surface area (Å²) in [6.45, 7) is 4.13. The van der Waals surface area contributed by atoms with Gasteiger partial charge in [-0.2, -0.15) is 5.10 Å². The molecule has 6 nitrogen and oxygen atoms in total. The lowest BCUT2D eigenvalue weighted by Gasteiger charge is -2.12. The molecular formula is C10H14N6S. The van der Waals surface area contributed by atoms with Crippen molar-refractivity contribution in [1.29, 1.82) is 0 Å². The summed E-state index contributed by atoms with van der Waals surface area (Å²) in [5, 5.41) is 5.64. The van der Waals surface area contributed by atoms with E-state index in [9.17, 15) is 0 Å². The lowest BCUT2D eigenvalue weighted by atomic mass is 10.1. The average Bonchev–Trinajstić information content (AvgIpc) is 2.64. The Morgan fingerprint density at radius 2 is 2.00 bits per heavy atom. The molecule has 0 unspecified atom stereocenters. The predicted octanol–water partition coefficient (Wildman–Crippen LogP) is 1.46. The summed E-state index contributed by atoms with van der Waals surface area (Å²) in [5.41, 5.74) is 6.84. The molecule has 0 saturated heterocycles. The van der Waals surface area contributed by atoms with Crippen molar-refractivity contribution in [2.24, 2.45) is 7.05 Å². The van der Waals surface area contributed by atoms with Crippen molar-refractivity contribution in [2.45, 2.75) is 29.9 Å². The maximum Gasteiger partial charge on any atom is 0.192 e. The molecule has 0 atom stereocenters. The van der Waals surface area contributed by atoms with Crippen LogP contribution in [0.4, 0.5) is 5.82 Å². The highest BCUT2D eigenvalue weighted by Crippen LogP contribution is 2.32. The average molecular weight is 250 g/mol. The summed E-state index contributed by atoms with van der Waals surface area (Å²) in [7, 11) is 1.84. The summed E-state index contributed by atoms with van der Waals surface area (Å²) in [5.74, 6) is 0.798. The Morgan fingerprint density at radius 3 is 2.59 bits per heavy atom. The normalized spacial score (nSPS) is 11.1. The van der Waals surface area contributed by atoms with E-state index in [0.717, 1.165) is 15.7 Å². The number of aromatic nitrogens is 5. The molecule has 7 heteroatoms. The molecule has 0 bridgehead atoms. The molecule has 2 aromatic heterocycles. The number of nitrogens with zero attached hydrogens (tertiary/aromatic N) is 5. The first-order valence-corrected chi connectivity index (χ1v) is 6.03. The number of hydrogen-bond acceptors (Lipinski definition) is 6. The van der Waals surface area contributed by atoms with E-state index >= 15 is 0 Å². The monoisotopic (exact) mass is 250 g/mol. The molecule has 0 amide bonds. The number of aryl methyl sites for hydroxylation is 1. The van der Waals surface area contributed by atoms with Gasteiger partial charge in [-0.1, -0.05) is 13.8 Å². The van der Waals surface area contributed by atoms with Crippen LogP contribution in [-0.4, -0.2) is 24.7 Å². The maximum absolute atomic E-state index is 5.88. The fourth-order valence-corrected chi connectivity index (χ4v) is 2.48. The number of nitrogens with two attached hydrogens (primary N) is 1. The molecule has 2 N–H and O–H groups in total. The second-order valence-corrected chi connectivity index (χ2v) is 4.86. The zero-order valence-electron chi connectivity index (χ0n) is 9.95. The van der Waals surface area contributed by atoms with E-state index in [-0.39, 0.29) is 5.92 Å². The van der Waals surface area contributed by atoms with Gasteiger partial charge in [-0.05, 0) is 17.7 Å². The SMILES string of the molecule is CC(C)c1c(N)ncnc1Sc1ncnn1C. The molecule has 0 fully saturated rings. The van der Waals surface area contributed by atoms with Crippen molar-refractivity contribution in [3.05, 3.63) is 18.2 Å². The third-order valence-corrected chi connectivity index (χ3v) is 3.38. The van der Waals surface area contributed by atoms with Crippen molar-refractivity contribution in [1.82, 2.24) is 24.7 Å². The van der Waals surface area contributed by atoms with Gasteiger partial charge in [0.15, 0.2) is 5.16 Å². The first-order valence-electron chi connectivity index (χ1n) is 5.21. The lowest BCUT2D eigenvalue weighted by molar-refractivity contribution is 0.683. The van der Waals surface area contributed by atoms with Gasteiger partial charge in [-0.3, -0.25) is 0 Å². The summed E-state index contributed by atoms with van der Waals surface area (Å²) in [4.78, 5) is 12.4. The molecule has 0 aliphatic carbocycles. The van der Waals surface area contributed by atoms with Gasteiger partial charge in [0.05, 0.1) is 0 Å². The third-order valence-electron chi connectivity index (χ3n) is 2.31. The van der Waals surface area contributed by atoms with Crippen molar-refractivity contribution in [3.8, 4) is 0 Å². The number of hydrogen-bond donors (Lipinski definition) is 1. The van der Waals surface area contributed by atoms with E-state index in [1.807, 2.05) is 7.05 Å². The summed E-state index contributed by atoms with van der Waals surface area (Å²) < 4.78 is 1.70. The standard InChI is InChI=1S/C10H14N6S/c1-6(2)7-8(11)12-4-13-9(7)17-10-14-5-15-16(10)3/h4-6H,1-3H3,(H2,11,12,13). The largest absolute Gasteiger partial charge is 0.383 e. The van der Waals surface area contributed by atoms with E-state index in [4.69, 9.17) is 5.73 Å². The summed E-state index contributed by atoms with van der Waals surface area (Å²) in [6, 6.07) is 0. The van der Waals surface area contributed by atoms with Crippen LogP contribution in [0.1, 0.15) is 25.3 Å². The van der Waals surface area contributed by atoms with Crippen molar-refractivity contribution < 1.29 is 0 Å². The van der Waals surface area contributed by atoms with Crippen LogP contribution < -0.4 is 5.73 Å². The quantitative estimate of drug-likeness (QED) is 0.830. The molecule has 2 heterocycles. The van der Waals surface area contributed by atoms with E-state index in [1.165, 1.54) is 24.4 Å². The van der Waals surface area contributed by atoms with Gasteiger partial charge in [0.1, 0.15) is 23.5 Å². The highest BCUT2D eigenvalue weighted by Gasteiger charge is 2.15. The van der Waals surface area contributed by atoms with E-state index < -0.39 is 0 Å². The van der Waals surface area contributed by atoms with Crippen LogP contribution >= 0.6 is 11.8 Å². The van der Waals surface area contributed by atoms with Gasteiger partial charge in [0.25, 0.3) is 0 Å². The second kappa shape index (κ2) is 4.70. The Kier molecular flexibility index (Phi) is 3.28. The highest BCUT2D eigenvalue weighted by molar-refractivity contribution is 7.99. The first-order chi connectivity index (χ1) is 8.09. The zero-order valence-corrected chi connectivity index (χ0v) is 10.8. The van der Waals surface area contributed by atoms with E-state index in [0.29, 0.717) is 5.82 Å². The van der Waals surface area contributed by atoms with Crippen LogP contribution in [0.25, 0.3) is 0 Å².